The number of rotatable bonds is 0. The Hall–Kier alpha value is -1.51. The number of nitrogens with zero attached hydrogens (tertiary/aromatic N) is 1. The largest absolute Gasteiger partial charge is 0.465 e. The molecule has 1 atom stereocenters. The second kappa shape index (κ2) is 3.51. The van der Waals surface area contributed by atoms with Crippen molar-refractivity contribution in [3.8, 4) is 0 Å². The van der Waals surface area contributed by atoms with E-state index >= 15 is 0 Å². The molecule has 84 valence electrons. The fraction of sp³-hybridized carbons (Fsp3) is 0.462. The molecule has 3 rings (SSSR count). The van der Waals surface area contributed by atoms with Gasteiger partial charge in [-0.25, -0.2) is 4.99 Å². The molecule has 1 unspecified atom stereocenters. The van der Waals surface area contributed by atoms with Gasteiger partial charge in [-0.05, 0) is 30.4 Å². The van der Waals surface area contributed by atoms with Gasteiger partial charge in [-0.2, -0.15) is 0 Å². The lowest BCUT2D eigenvalue weighted by Gasteiger charge is -2.37. The number of nitrogens with two attached hydrogens (primary N) is 1. The van der Waals surface area contributed by atoms with E-state index in [2.05, 4.69) is 29.3 Å². The Labute approximate surface area is 95.3 Å². The van der Waals surface area contributed by atoms with E-state index in [9.17, 15) is 0 Å². The molecule has 2 aliphatic rings. The van der Waals surface area contributed by atoms with Crippen LogP contribution >= 0.6 is 0 Å². The molecule has 0 saturated carbocycles. The Morgan fingerprint density at radius 2 is 2.00 bits per heavy atom. The first kappa shape index (κ1) is 9.70. The minimum atomic E-state index is 0.0106. The van der Waals surface area contributed by atoms with Crippen molar-refractivity contribution in [3.05, 3.63) is 35.4 Å². The molecule has 3 nitrogen and oxygen atoms in total. The zero-order chi connectivity index (χ0) is 11.0. The molecule has 0 fully saturated rings. The van der Waals surface area contributed by atoms with Gasteiger partial charge in [-0.1, -0.05) is 24.3 Å². The molecule has 1 aromatic rings. The van der Waals surface area contributed by atoms with E-state index < -0.39 is 0 Å². The van der Waals surface area contributed by atoms with Crippen molar-refractivity contribution in [2.75, 3.05) is 6.61 Å². The Morgan fingerprint density at radius 3 is 2.81 bits per heavy atom. The lowest BCUT2D eigenvalue weighted by Crippen LogP contribution is -2.41. The van der Waals surface area contributed by atoms with Crippen LogP contribution in [0.25, 0.3) is 0 Å². The van der Waals surface area contributed by atoms with Gasteiger partial charge in [-0.15, -0.1) is 0 Å². The van der Waals surface area contributed by atoms with Gasteiger partial charge in [0.25, 0.3) is 6.02 Å². The summed E-state index contributed by atoms with van der Waals surface area (Å²) < 4.78 is 5.22. The van der Waals surface area contributed by atoms with Gasteiger partial charge in [0, 0.05) is 6.42 Å². The van der Waals surface area contributed by atoms with Crippen molar-refractivity contribution >= 4 is 6.02 Å². The van der Waals surface area contributed by atoms with Crippen LogP contribution in [0.5, 0.6) is 0 Å². The van der Waals surface area contributed by atoms with Crippen LogP contribution < -0.4 is 5.73 Å². The molecular formula is C13H16N2O. The first-order chi connectivity index (χ1) is 7.77. The van der Waals surface area contributed by atoms with Gasteiger partial charge < -0.3 is 10.5 Å². The highest BCUT2D eigenvalue weighted by molar-refractivity contribution is 5.72. The number of hydrogen-bond acceptors (Lipinski definition) is 3. The number of ether oxygens (including phenoxy) is 1. The van der Waals surface area contributed by atoms with Gasteiger partial charge in [0.05, 0.1) is 12.1 Å². The molecule has 1 aliphatic heterocycles. The zero-order valence-electron chi connectivity index (χ0n) is 9.28. The molecular weight excluding hydrogens is 200 g/mol. The van der Waals surface area contributed by atoms with Crippen molar-refractivity contribution < 1.29 is 4.74 Å². The van der Waals surface area contributed by atoms with Crippen LogP contribution in [-0.2, 0) is 17.6 Å². The monoisotopic (exact) mass is 216 g/mol. The van der Waals surface area contributed by atoms with Crippen molar-refractivity contribution in [2.24, 2.45) is 10.7 Å². The van der Waals surface area contributed by atoms with E-state index in [1.54, 1.807) is 0 Å². The summed E-state index contributed by atoms with van der Waals surface area (Å²) in [5.74, 6) is 0. The molecule has 3 heteroatoms. The van der Waals surface area contributed by atoms with Crippen LogP contribution in [0.1, 0.15) is 24.0 Å². The van der Waals surface area contributed by atoms with Crippen LogP contribution in [0.3, 0.4) is 0 Å². The third-order valence-corrected chi connectivity index (χ3v) is 3.66. The van der Waals surface area contributed by atoms with Crippen LogP contribution in [0.15, 0.2) is 29.3 Å². The number of aliphatic imine (C=N–C) groups is 1. The Bertz CT molecular complexity index is 441. The molecule has 0 radical (unpaired) electrons. The summed E-state index contributed by atoms with van der Waals surface area (Å²) >= 11 is 0. The average Bonchev–Trinajstić information content (AvgIpc) is 2.28. The minimum Gasteiger partial charge on any atom is -0.465 e. The summed E-state index contributed by atoms with van der Waals surface area (Å²) in [6, 6.07) is 9.00. The zero-order valence-corrected chi connectivity index (χ0v) is 9.28. The van der Waals surface area contributed by atoms with Crippen molar-refractivity contribution in [2.45, 2.75) is 31.2 Å². The maximum atomic E-state index is 5.69. The second-order valence-corrected chi connectivity index (χ2v) is 4.72. The third-order valence-electron chi connectivity index (χ3n) is 3.66. The lowest BCUT2D eigenvalue weighted by molar-refractivity contribution is 0.195. The molecule has 0 saturated heterocycles. The van der Waals surface area contributed by atoms with Crippen LogP contribution in [0.2, 0.25) is 0 Å². The van der Waals surface area contributed by atoms with Crippen LogP contribution in [-0.4, -0.2) is 18.2 Å². The summed E-state index contributed by atoms with van der Waals surface area (Å²) in [5.41, 5.74) is 8.59. The average molecular weight is 216 g/mol. The number of hydrogen-bond donors (Lipinski definition) is 1. The minimum absolute atomic E-state index is 0.0106. The topological polar surface area (TPSA) is 47.6 Å². The Balaban J connectivity index is 1.95. The van der Waals surface area contributed by atoms with E-state index in [1.807, 2.05) is 0 Å². The van der Waals surface area contributed by atoms with E-state index in [-0.39, 0.29) is 5.54 Å². The highest BCUT2D eigenvalue weighted by atomic mass is 16.5. The molecule has 0 aromatic heterocycles. The van der Waals surface area contributed by atoms with Gasteiger partial charge in [0.1, 0.15) is 0 Å². The molecule has 1 heterocycles. The molecule has 16 heavy (non-hydrogen) atoms. The summed E-state index contributed by atoms with van der Waals surface area (Å²) in [7, 11) is 0. The predicted octanol–water partition coefficient (Wildman–Crippen LogP) is 1.65. The fourth-order valence-electron chi connectivity index (χ4n) is 2.76. The SMILES string of the molecule is NC1=NC2(CCO1)CCc1ccccc1C2. The molecule has 0 amide bonds. The van der Waals surface area contributed by atoms with Crippen molar-refractivity contribution in [1.82, 2.24) is 0 Å². The standard InChI is InChI=1S/C13H16N2O/c14-12-15-13(7-8-16-12)6-5-10-3-1-2-4-11(10)9-13/h1-4H,5-9H2,(H2,14,15). The molecule has 1 spiro atoms. The van der Waals surface area contributed by atoms with Gasteiger partial charge in [0.15, 0.2) is 0 Å². The third kappa shape index (κ3) is 1.56. The Morgan fingerprint density at radius 1 is 1.19 bits per heavy atom. The fourth-order valence-corrected chi connectivity index (χ4v) is 2.76. The number of aryl methyl sites for hydroxylation is 1. The van der Waals surface area contributed by atoms with E-state index in [0.29, 0.717) is 12.6 Å². The molecule has 1 aromatic carbocycles. The summed E-state index contributed by atoms with van der Waals surface area (Å²) in [6.07, 6.45) is 4.19. The molecule has 0 bridgehead atoms. The highest BCUT2D eigenvalue weighted by Gasteiger charge is 2.36. The van der Waals surface area contributed by atoms with Gasteiger partial charge in [-0.3, -0.25) is 0 Å². The molecule has 1 aliphatic carbocycles. The van der Waals surface area contributed by atoms with E-state index in [0.717, 1.165) is 25.7 Å². The maximum Gasteiger partial charge on any atom is 0.282 e. The molecule has 2 N–H and O–H groups in total. The van der Waals surface area contributed by atoms with Crippen LogP contribution in [0.4, 0.5) is 0 Å². The number of benzene rings is 1. The Kier molecular flexibility index (Phi) is 2.13. The summed E-state index contributed by atoms with van der Waals surface area (Å²) in [4.78, 5) is 4.54. The van der Waals surface area contributed by atoms with E-state index in [1.165, 1.54) is 11.1 Å². The van der Waals surface area contributed by atoms with Gasteiger partial charge in [0.2, 0.25) is 0 Å². The summed E-state index contributed by atoms with van der Waals surface area (Å²) in [5, 5.41) is 0. The van der Waals surface area contributed by atoms with Crippen molar-refractivity contribution in [3.63, 3.8) is 0 Å². The maximum absolute atomic E-state index is 5.69. The quantitative estimate of drug-likeness (QED) is 0.716. The first-order valence-electron chi connectivity index (χ1n) is 5.82. The highest BCUT2D eigenvalue weighted by Crippen LogP contribution is 2.35. The van der Waals surface area contributed by atoms with Crippen molar-refractivity contribution in [1.29, 1.82) is 0 Å². The second-order valence-electron chi connectivity index (χ2n) is 4.72. The van der Waals surface area contributed by atoms with Gasteiger partial charge >= 0.3 is 0 Å². The normalized spacial score (nSPS) is 28.1. The summed E-state index contributed by atoms with van der Waals surface area (Å²) in [6.45, 7) is 0.706. The lowest BCUT2D eigenvalue weighted by atomic mass is 9.76. The van der Waals surface area contributed by atoms with E-state index in [4.69, 9.17) is 10.5 Å². The smallest absolute Gasteiger partial charge is 0.282 e. The predicted molar refractivity (Wildman–Crippen MR) is 63.4 cm³/mol. The number of fused-ring (bicyclic) bond motifs is 1. The van der Waals surface area contributed by atoms with Crippen LogP contribution in [0, 0.1) is 0 Å². The number of amidine groups is 1. The first-order valence-corrected chi connectivity index (χ1v) is 5.82.